The number of halogens is 2. The van der Waals surface area contributed by atoms with Crippen molar-refractivity contribution < 1.29 is 4.39 Å². The van der Waals surface area contributed by atoms with Gasteiger partial charge in [0.05, 0.1) is 0 Å². The van der Waals surface area contributed by atoms with E-state index in [-0.39, 0.29) is 5.82 Å². The van der Waals surface area contributed by atoms with Gasteiger partial charge in [0.1, 0.15) is 5.82 Å². The van der Waals surface area contributed by atoms with Gasteiger partial charge in [-0.2, -0.15) is 0 Å². The average molecular weight is 340 g/mol. The largest absolute Gasteiger partial charge is 0.313 e. The molecule has 0 radical (unpaired) electrons. The molecule has 2 saturated carbocycles. The first-order valence-corrected chi connectivity index (χ1v) is 8.63. The van der Waals surface area contributed by atoms with Crippen molar-refractivity contribution in [3.05, 3.63) is 34.1 Å². The second-order valence-corrected chi connectivity index (χ2v) is 7.59. The lowest BCUT2D eigenvalue weighted by Gasteiger charge is -2.38. The number of hydrogen-bond acceptors (Lipinski definition) is 1. The van der Waals surface area contributed by atoms with Crippen molar-refractivity contribution in [2.75, 3.05) is 6.54 Å². The summed E-state index contributed by atoms with van der Waals surface area (Å²) in [6, 6.07) is 6.09. The minimum Gasteiger partial charge on any atom is -0.313 e. The van der Waals surface area contributed by atoms with Gasteiger partial charge < -0.3 is 5.32 Å². The Morgan fingerprint density at radius 2 is 1.90 bits per heavy atom. The third-order valence-electron chi connectivity index (χ3n) is 4.76. The van der Waals surface area contributed by atoms with Gasteiger partial charge in [-0.3, -0.25) is 0 Å². The number of benzene rings is 1. The van der Waals surface area contributed by atoms with E-state index in [0.29, 0.717) is 5.41 Å². The van der Waals surface area contributed by atoms with Gasteiger partial charge in [-0.15, -0.1) is 0 Å². The zero-order valence-electron chi connectivity index (χ0n) is 11.9. The molecule has 110 valence electrons. The lowest BCUT2D eigenvalue weighted by molar-refractivity contribution is 0.180. The van der Waals surface area contributed by atoms with Crippen LogP contribution in [0, 0.1) is 11.2 Å². The van der Waals surface area contributed by atoms with Crippen LogP contribution in [0.15, 0.2) is 22.7 Å². The highest BCUT2D eigenvalue weighted by Crippen LogP contribution is 2.40. The molecule has 0 bridgehead atoms. The Balaban J connectivity index is 1.73. The zero-order valence-corrected chi connectivity index (χ0v) is 13.5. The molecule has 2 fully saturated rings. The Morgan fingerprint density at radius 1 is 1.15 bits per heavy atom. The summed E-state index contributed by atoms with van der Waals surface area (Å²) in [6.07, 6.45) is 10.2. The van der Waals surface area contributed by atoms with Crippen LogP contribution in [0.3, 0.4) is 0 Å². The van der Waals surface area contributed by atoms with Crippen LogP contribution in [-0.4, -0.2) is 12.6 Å². The molecule has 3 heteroatoms. The molecule has 0 aliphatic heterocycles. The van der Waals surface area contributed by atoms with Crippen molar-refractivity contribution in [3.63, 3.8) is 0 Å². The molecule has 3 rings (SSSR count). The van der Waals surface area contributed by atoms with Gasteiger partial charge in [0.2, 0.25) is 0 Å². The van der Waals surface area contributed by atoms with Crippen LogP contribution >= 0.6 is 15.9 Å². The fourth-order valence-corrected chi connectivity index (χ4v) is 4.02. The third-order valence-corrected chi connectivity index (χ3v) is 5.22. The summed E-state index contributed by atoms with van der Waals surface area (Å²) in [7, 11) is 0. The van der Waals surface area contributed by atoms with E-state index in [9.17, 15) is 4.39 Å². The van der Waals surface area contributed by atoms with E-state index < -0.39 is 0 Å². The Morgan fingerprint density at radius 3 is 2.55 bits per heavy atom. The molecular formula is C17H23BrFN. The first-order valence-electron chi connectivity index (χ1n) is 7.84. The van der Waals surface area contributed by atoms with Gasteiger partial charge >= 0.3 is 0 Å². The lowest BCUT2D eigenvalue weighted by Crippen LogP contribution is -2.38. The summed E-state index contributed by atoms with van der Waals surface area (Å²) < 4.78 is 14.4. The van der Waals surface area contributed by atoms with E-state index in [1.165, 1.54) is 44.9 Å². The highest BCUT2D eigenvalue weighted by molar-refractivity contribution is 9.10. The Kier molecular flexibility index (Phi) is 4.46. The normalized spacial score (nSPS) is 21.9. The van der Waals surface area contributed by atoms with E-state index in [2.05, 4.69) is 27.3 Å². The average Bonchev–Trinajstić information content (AvgIpc) is 3.20. The van der Waals surface area contributed by atoms with Gasteiger partial charge in [0.25, 0.3) is 0 Å². The van der Waals surface area contributed by atoms with E-state index in [1.54, 1.807) is 12.1 Å². The quantitative estimate of drug-likeness (QED) is 0.809. The topological polar surface area (TPSA) is 12.0 Å². The molecule has 2 aliphatic carbocycles. The van der Waals surface area contributed by atoms with E-state index in [1.807, 2.05) is 0 Å². The van der Waals surface area contributed by atoms with Gasteiger partial charge in [0.15, 0.2) is 0 Å². The second-order valence-electron chi connectivity index (χ2n) is 6.67. The van der Waals surface area contributed by atoms with Crippen molar-refractivity contribution in [1.29, 1.82) is 0 Å². The summed E-state index contributed by atoms with van der Waals surface area (Å²) in [6.45, 7) is 1.10. The van der Waals surface area contributed by atoms with Crippen LogP contribution in [0.2, 0.25) is 0 Å². The van der Waals surface area contributed by atoms with Crippen molar-refractivity contribution in [1.82, 2.24) is 5.32 Å². The number of nitrogens with one attached hydrogen (secondary N) is 1. The minimum absolute atomic E-state index is 0.129. The molecule has 20 heavy (non-hydrogen) atoms. The van der Waals surface area contributed by atoms with Crippen LogP contribution in [0.25, 0.3) is 0 Å². The Bertz CT molecular complexity index is 444. The third kappa shape index (κ3) is 3.82. The fourth-order valence-electron chi connectivity index (χ4n) is 3.51. The predicted octanol–water partition coefficient (Wildman–Crippen LogP) is 4.83. The summed E-state index contributed by atoms with van der Waals surface area (Å²) >= 11 is 3.41. The molecule has 0 heterocycles. The molecule has 0 saturated heterocycles. The van der Waals surface area contributed by atoms with Crippen molar-refractivity contribution in [2.24, 2.45) is 5.41 Å². The molecule has 1 N–H and O–H groups in total. The van der Waals surface area contributed by atoms with Crippen LogP contribution in [0.5, 0.6) is 0 Å². The van der Waals surface area contributed by atoms with Crippen molar-refractivity contribution in [3.8, 4) is 0 Å². The number of hydrogen-bond donors (Lipinski definition) is 1. The van der Waals surface area contributed by atoms with Crippen molar-refractivity contribution in [2.45, 2.75) is 57.4 Å². The van der Waals surface area contributed by atoms with E-state index in [4.69, 9.17) is 0 Å². The van der Waals surface area contributed by atoms with Crippen LogP contribution in [0.1, 0.15) is 50.5 Å². The molecular weight excluding hydrogens is 317 g/mol. The van der Waals surface area contributed by atoms with Crippen LogP contribution in [-0.2, 0) is 6.42 Å². The number of rotatable bonds is 5. The van der Waals surface area contributed by atoms with Gasteiger partial charge in [-0.05, 0) is 61.3 Å². The molecule has 2 aliphatic rings. The molecule has 1 aromatic rings. The molecule has 0 amide bonds. The highest BCUT2D eigenvalue weighted by atomic mass is 79.9. The maximum atomic E-state index is 13.6. The van der Waals surface area contributed by atoms with Crippen LogP contribution < -0.4 is 5.32 Å². The van der Waals surface area contributed by atoms with Gasteiger partial charge in [-0.25, -0.2) is 4.39 Å². The first-order chi connectivity index (χ1) is 9.65. The Hall–Kier alpha value is -0.410. The maximum absolute atomic E-state index is 13.6. The summed E-state index contributed by atoms with van der Waals surface area (Å²) in [4.78, 5) is 0. The molecule has 0 spiro atoms. The monoisotopic (exact) mass is 339 g/mol. The summed E-state index contributed by atoms with van der Waals surface area (Å²) in [5, 5.41) is 3.71. The Labute approximate surface area is 129 Å². The smallest absolute Gasteiger partial charge is 0.124 e. The minimum atomic E-state index is -0.129. The maximum Gasteiger partial charge on any atom is 0.124 e. The van der Waals surface area contributed by atoms with Crippen molar-refractivity contribution >= 4 is 15.9 Å². The zero-order chi connectivity index (χ0) is 14.0. The lowest BCUT2D eigenvalue weighted by atomic mass is 9.70. The van der Waals surface area contributed by atoms with E-state index in [0.717, 1.165) is 29.0 Å². The molecule has 0 atom stereocenters. The van der Waals surface area contributed by atoms with E-state index >= 15 is 0 Å². The molecule has 0 unspecified atom stereocenters. The summed E-state index contributed by atoms with van der Waals surface area (Å²) in [5.74, 6) is -0.129. The SMILES string of the molecule is Fc1cc(Br)cc(CC2(CNC3CC3)CCCCC2)c1. The van der Waals surface area contributed by atoms with Crippen LogP contribution in [0.4, 0.5) is 4.39 Å². The molecule has 1 aromatic carbocycles. The highest BCUT2D eigenvalue weighted by Gasteiger charge is 2.34. The fraction of sp³-hybridized carbons (Fsp3) is 0.647. The predicted molar refractivity (Wildman–Crippen MR) is 84.3 cm³/mol. The first kappa shape index (κ1) is 14.5. The van der Waals surface area contributed by atoms with Gasteiger partial charge in [-0.1, -0.05) is 35.2 Å². The van der Waals surface area contributed by atoms with Gasteiger partial charge in [0, 0.05) is 17.1 Å². The standard InChI is InChI=1S/C17H23BrFN/c18-14-8-13(9-15(19)10-14)11-17(6-2-1-3-7-17)12-20-16-4-5-16/h8-10,16,20H,1-7,11-12H2. The molecule has 0 aromatic heterocycles. The molecule has 1 nitrogen and oxygen atoms in total. The summed E-state index contributed by atoms with van der Waals surface area (Å²) in [5.41, 5.74) is 1.48. The second kappa shape index (κ2) is 6.15.